The van der Waals surface area contributed by atoms with E-state index in [-0.39, 0.29) is 6.61 Å². The lowest BCUT2D eigenvalue weighted by Crippen LogP contribution is -2.38. The number of rotatable bonds is 3. The molecular formula is C19H19N3O4. The molecule has 0 saturated heterocycles. The molecule has 2 aromatic rings. The molecule has 1 aliphatic heterocycles. The van der Waals surface area contributed by atoms with Crippen molar-refractivity contribution in [2.45, 2.75) is 20.0 Å². The largest absolute Gasteiger partial charge is 0.485 e. The van der Waals surface area contributed by atoms with Gasteiger partial charge in [-0.05, 0) is 37.6 Å². The van der Waals surface area contributed by atoms with Gasteiger partial charge in [-0.25, -0.2) is 5.43 Å². The van der Waals surface area contributed by atoms with Crippen LogP contribution in [-0.2, 0) is 9.59 Å². The molecule has 3 rings (SSSR count). The lowest BCUT2D eigenvalue weighted by Gasteiger charge is -2.26. The molecule has 1 heterocycles. The molecule has 2 N–H and O–H groups in total. The van der Waals surface area contributed by atoms with Gasteiger partial charge < -0.3 is 14.8 Å². The van der Waals surface area contributed by atoms with E-state index in [9.17, 15) is 9.59 Å². The smallest absolute Gasteiger partial charge is 0.329 e. The monoisotopic (exact) mass is 353 g/mol. The minimum Gasteiger partial charge on any atom is -0.485 e. The molecule has 7 nitrogen and oxygen atoms in total. The summed E-state index contributed by atoms with van der Waals surface area (Å²) in [5, 5.41) is 6.51. The van der Waals surface area contributed by atoms with Gasteiger partial charge in [0.05, 0.1) is 5.71 Å². The third-order valence-electron chi connectivity index (χ3n) is 3.91. The van der Waals surface area contributed by atoms with Crippen molar-refractivity contribution < 1.29 is 19.1 Å². The van der Waals surface area contributed by atoms with E-state index in [1.807, 2.05) is 37.3 Å². The summed E-state index contributed by atoms with van der Waals surface area (Å²) in [6.07, 6.45) is -0.440. The predicted molar refractivity (Wildman–Crippen MR) is 97.4 cm³/mol. The Balaban J connectivity index is 1.58. The van der Waals surface area contributed by atoms with E-state index < -0.39 is 17.9 Å². The van der Waals surface area contributed by atoms with Crippen LogP contribution in [-0.4, -0.2) is 30.2 Å². The number of nitrogens with one attached hydrogen (secondary N) is 2. The summed E-state index contributed by atoms with van der Waals surface area (Å²) in [7, 11) is 0. The fourth-order valence-corrected chi connectivity index (χ4v) is 2.38. The molecule has 0 aromatic heterocycles. The average Bonchev–Trinajstić information content (AvgIpc) is 2.67. The van der Waals surface area contributed by atoms with Gasteiger partial charge in [0.15, 0.2) is 17.6 Å². The van der Waals surface area contributed by atoms with Crippen molar-refractivity contribution in [3.05, 3.63) is 54.1 Å². The maximum atomic E-state index is 12.0. The Morgan fingerprint density at radius 3 is 2.50 bits per heavy atom. The summed E-state index contributed by atoms with van der Waals surface area (Å²) in [5.74, 6) is -0.369. The molecule has 0 aliphatic carbocycles. The number of carbonyl (C=O) groups excluding carboxylic acids is 2. The molecule has 1 atom stereocenters. The van der Waals surface area contributed by atoms with Gasteiger partial charge in [0, 0.05) is 5.69 Å². The average molecular weight is 353 g/mol. The first-order valence-corrected chi connectivity index (χ1v) is 8.14. The van der Waals surface area contributed by atoms with Gasteiger partial charge in [0.25, 0.3) is 0 Å². The van der Waals surface area contributed by atoms with E-state index in [4.69, 9.17) is 9.47 Å². The molecule has 2 aromatic carbocycles. The van der Waals surface area contributed by atoms with E-state index in [1.165, 1.54) is 0 Å². The maximum Gasteiger partial charge on any atom is 0.329 e. The summed E-state index contributed by atoms with van der Waals surface area (Å²) >= 11 is 0. The number of amides is 2. The van der Waals surface area contributed by atoms with Crippen LogP contribution in [0.3, 0.4) is 0 Å². The standard InChI is InChI=1S/C19H19N3O4/c1-12-7-3-4-8-14(12)20-18(23)19(24)22-21-13(2)17-11-25-15-9-5-6-10-16(15)26-17/h3-10,17H,11H2,1-2H3,(H,20,23)(H,22,24)/b21-13-/t17-/m1/s1. The fraction of sp³-hybridized carbons (Fsp3) is 0.211. The van der Waals surface area contributed by atoms with Crippen molar-refractivity contribution in [3.8, 4) is 11.5 Å². The first-order chi connectivity index (χ1) is 12.5. The van der Waals surface area contributed by atoms with E-state index in [0.717, 1.165) is 5.56 Å². The second kappa shape index (κ2) is 7.69. The minimum atomic E-state index is -0.857. The number of carbonyl (C=O) groups is 2. The number of nitrogens with zero attached hydrogens (tertiary/aromatic N) is 1. The van der Waals surface area contributed by atoms with Crippen LogP contribution in [0.2, 0.25) is 0 Å². The highest BCUT2D eigenvalue weighted by Gasteiger charge is 2.23. The number of hydrogen-bond acceptors (Lipinski definition) is 5. The van der Waals surface area contributed by atoms with Crippen LogP contribution >= 0.6 is 0 Å². The lowest BCUT2D eigenvalue weighted by molar-refractivity contribution is -0.136. The van der Waals surface area contributed by atoms with Crippen molar-refractivity contribution in [1.29, 1.82) is 0 Å². The second-order valence-electron chi connectivity index (χ2n) is 5.83. The molecule has 2 amide bonds. The Bertz CT molecular complexity index is 863. The van der Waals surface area contributed by atoms with Crippen molar-refractivity contribution in [3.63, 3.8) is 0 Å². The molecule has 1 aliphatic rings. The summed E-state index contributed by atoms with van der Waals surface area (Å²) in [4.78, 5) is 23.9. The number of hydrogen-bond donors (Lipinski definition) is 2. The van der Waals surface area contributed by atoms with Crippen LogP contribution in [0.4, 0.5) is 5.69 Å². The summed E-state index contributed by atoms with van der Waals surface area (Å²) in [6, 6.07) is 14.5. The summed E-state index contributed by atoms with van der Waals surface area (Å²) in [6.45, 7) is 3.81. The summed E-state index contributed by atoms with van der Waals surface area (Å²) in [5.41, 5.74) is 4.18. The Hall–Kier alpha value is -3.35. The Kier molecular flexibility index (Phi) is 5.17. The molecule has 0 fully saturated rings. The highest BCUT2D eigenvalue weighted by atomic mass is 16.6. The van der Waals surface area contributed by atoms with Crippen LogP contribution < -0.4 is 20.2 Å². The molecule has 26 heavy (non-hydrogen) atoms. The molecular weight excluding hydrogens is 334 g/mol. The Morgan fingerprint density at radius 1 is 1.04 bits per heavy atom. The number of fused-ring (bicyclic) bond motifs is 1. The van der Waals surface area contributed by atoms with Gasteiger partial charge in [-0.3, -0.25) is 9.59 Å². The van der Waals surface area contributed by atoms with Gasteiger partial charge in [0.1, 0.15) is 6.61 Å². The first-order valence-electron chi connectivity index (χ1n) is 8.14. The van der Waals surface area contributed by atoms with Crippen molar-refractivity contribution in [2.75, 3.05) is 11.9 Å². The number of hydrazone groups is 1. The van der Waals surface area contributed by atoms with Gasteiger partial charge >= 0.3 is 11.8 Å². The van der Waals surface area contributed by atoms with Crippen molar-refractivity contribution >= 4 is 23.2 Å². The number of anilines is 1. The molecule has 0 saturated carbocycles. The van der Waals surface area contributed by atoms with E-state index in [0.29, 0.717) is 22.9 Å². The van der Waals surface area contributed by atoms with E-state index in [2.05, 4.69) is 15.8 Å². The molecule has 0 radical (unpaired) electrons. The number of benzene rings is 2. The van der Waals surface area contributed by atoms with Crippen LogP contribution in [0.1, 0.15) is 12.5 Å². The van der Waals surface area contributed by atoms with Crippen LogP contribution in [0.15, 0.2) is 53.6 Å². The SMILES string of the molecule is C/C(=N/NC(=O)C(=O)Nc1ccccc1C)[C@H]1COc2ccccc2O1. The normalized spacial score (nSPS) is 15.9. The zero-order valence-electron chi connectivity index (χ0n) is 14.5. The Labute approximate surface area is 151 Å². The zero-order chi connectivity index (χ0) is 18.5. The van der Waals surface area contributed by atoms with Crippen LogP contribution in [0, 0.1) is 6.92 Å². The molecule has 0 unspecified atom stereocenters. The molecule has 0 bridgehead atoms. The number of aryl methyl sites for hydroxylation is 1. The van der Waals surface area contributed by atoms with Gasteiger partial charge in [-0.1, -0.05) is 30.3 Å². The fourth-order valence-electron chi connectivity index (χ4n) is 2.38. The number of para-hydroxylation sites is 3. The van der Waals surface area contributed by atoms with Crippen LogP contribution in [0.25, 0.3) is 0 Å². The molecule has 7 heteroatoms. The maximum absolute atomic E-state index is 12.0. The lowest BCUT2D eigenvalue weighted by atomic mass is 10.2. The van der Waals surface area contributed by atoms with Gasteiger partial charge in [0.2, 0.25) is 0 Å². The summed E-state index contributed by atoms with van der Waals surface area (Å²) < 4.78 is 11.4. The highest BCUT2D eigenvalue weighted by molar-refractivity contribution is 6.39. The van der Waals surface area contributed by atoms with Gasteiger partial charge in [-0.15, -0.1) is 0 Å². The first kappa shape index (κ1) is 17.5. The Morgan fingerprint density at radius 2 is 1.73 bits per heavy atom. The highest BCUT2D eigenvalue weighted by Crippen LogP contribution is 2.31. The van der Waals surface area contributed by atoms with Crippen molar-refractivity contribution in [2.24, 2.45) is 5.10 Å². The third kappa shape index (κ3) is 4.00. The van der Waals surface area contributed by atoms with Crippen molar-refractivity contribution in [1.82, 2.24) is 5.43 Å². The molecule has 134 valence electrons. The second-order valence-corrected chi connectivity index (χ2v) is 5.83. The zero-order valence-corrected chi connectivity index (χ0v) is 14.5. The third-order valence-corrected chi connectivity index (χ3v) is 3.91. The molecule has 0 spiro atoms. The topological polar surface area (TPSA) is 89.0 Å². The van der Waals surface area contributed by atoms with E-state index in [1.54, 1.807) is 25.1 Å². The number of ether oxygens (including phenoxy) is 2. The van der Waals surface area contributed by atoms with E-state index >= 15 is 0 Å². The quantitative estimate of drug-likeness (QED) is 0.503. The van der Waals surface area contributed by atoms with Crippen LogP contribution in [0.5, 0.6) is 11.5 Å². The minimum absolute atomic E-state index is 0.275. The predicted octanol–water partition coefficient (Wildman–Crippen LogP) is 2.27. The van der Waals surface area contributed by atoms with Gasteiger partial charge in [-0.2, -0.15) is 5.10 Å².